The highest BCUT2D eigenvalue weighted by atomic mass is 35.5. The molecule has 3 nitrogen and oxygen atoms in total. The molecule has 132 valence electrons. The minimum Gasteiger partial charge on any atom is -0.493 e. The number of hydrogen-bond donors (Lipinski definition) is 0. The van der Waals surface area contributed by atoms with Gasteiger partial charge in [0.25, 0.3) is 0 Å². The van der Waals surface area contributed by atoms with E-state index in [1.54, 1.807) is 0 Å². The van der Waals surface area contributed by atoms with Crippen molar-refractivity contribution >= 4 is 23.2 Å². The van der Waals surface area contributed by atoms with Crippen LogP contribution < -0.4 is 9.47 Å². The summed E-state index contributed by atoms with van der Waals surface area (Å²) in [6, 6.07) is 12.2. The normalized spacial score (nSPS) is 19.7. The van der Waals surface area contributed by atoms with Crippen LogP contribution >= 0.6 is 23.2 Å². The molecule has 1 saturated heterocycles. The van der Waals surface area contributed by atoms with Gasteiger partial charge >= 0.3 is 0 Å². The second-order valence-electron chi connectivity index (χ2n) is 6.63. The molecule has 0 aliphatic carbocycles. The molecule has 2 heterocycles. The Balaban J connectivity index is 1.36. The summed E-state index contributed by atoms with van der Waals surface area (Å²) in [4.78, 5) is 2.50. The van der Waals surface area contributed by atoms with Gasteiger partial charge in [-0.15, -0.1) is 0 Å². The van der Waals surface area contributed by atoms with Crippen molar-refractivity contribution in [3.63, 3.8) is 0 Å². The summed E-state index contributed by atoms with van der Waals surface area (Å²) in [5.41, 5.74) is 2.20. The minimum absolute atomic E-state index is 0.524. The van der Waals surface area contributed by atoms with Crippen molar-refractivity contribution in [1.29, 1.82) is 0 Å². The number of nitrogens with zero attached hydrogens (tertiary/aromatic N) is 1. The Labute approximate surface area is 158 Å². The van der Waals surface area contributed by atoms with Crippen LogP contribution in [0.2, 0.25) is 10.0 Å². The van der Waals surface area contributed by atoms with E-state index < -0.39 is 0 Å². The second-order valence-corrected chi connectivity index (χ2v) is 7.44. The zero-order chi connectivity index (χ0) is 17.2. The number of halogens is 2. The van der Waals surface area contributed by atoms with Crippen molar-refractivity contribution in [3.8, 4) is 11.5 Å². The fourth-order valence-electron chi connectivity index (χ4n) is 3.41. The molecule has 0 spiro atoms. The predicted octanol–water partition coefficient (Wildman–Crippen LogP) is 4.62. The van der Waals surface area contributed by atoms with Gasteiger partial charge in [0, 0.05) is 28.6 Å². The average Bonchev–Trinajstić information content (AvgIpc) is 2.56. The van der Waals surface area contributed by atoms with Gasteiger partial charge in [0.05, 0.1) is 6.61 Å². The van der Waals surface area contributed by atoms with Crippen LogP contribution in [0.25, 0.3) is 0 Å². The van der Waals surface area contributed by atoms with Gasteiger partial charge in [-0.1, -0.05) is 35.3 Å². The van der Waals surface area contributed by atoms with E-state index in [-0.39, 0.29) is 0 Å². The summed E-state index contributed by atoms with van der Waals surface area (Å²) in [6.07, 6.45) is 3.05. The summed E-state index contributed by atoms with van der Waals surface area (Å²) in [6.45, 7) is 3.70. The molecule has 4 rings (SSSR count). The van der Waals surface area contributed by atoms with Crippen LogP contribution in [-0.4, -0.2) is 37.2 Å². The lowest BCUT2D eigenvalue weighted by Crippen LogP contribution is -2.50. The third kappa shape index (κ3) is 3.74. The molecule has 0 radical (unpaired) electrons. The highest BCUT2D eigenvalue weighted by Gasteiger charge is 2.28. The summed E-state index contributed by atoms with van der Waals surface area (Å²) < 4.78 is 11.9. The lowest BCUT2D eigenvalue weighted by atomic mass is 9.99. The highest BCUT2D eigenvalue weighted by Crippen LogP contribution is 2.32. The number of likely N-dealkylation sites (tertiary alicyclic amines) is 1. The van der Waals surface area contributed by atoms with Crippen molar-refractivity contribution in [2.45, 2.75) is 25.3 Å². The monoisotopic (exact) mass is 377 g/mol. The van der Waals surface area contributed by atoms with Crippen molar-refractivity contribution in [2.24, 2.45) is 0 Å². The van der Waals surface area contributed by atoms with Crippen LogP contribution in [0, 0.1) is 0 Å². The molecule has 1 unspecified atom stereocenters. The predicted molar refractivity (Wildman–Crippen MR) is 101 cm³/mol. The zero-order valence-electron chi connectivity index (χ0n) is 14.0. The van der Waals surface area contributed by atoms with E-state index in [9.17, 15) is 0 Å². The Morgan fingerprint density at radius 2 is 1.92 bits per heavy atom. The Bertz CT molecular complexity index is 741. The first-order chi connectivity index (χ1) is 12.2. The zero-order valence-corrected chi connectivity index (χ0v) is 15.5. The van der Waals surface area contributed by atoms with Crippen molar-refractivity contribution < 1.29 is 9.47 Å². The molecule has 25 heavy (non-hydrogen) atoms. The van der Waals surface area contributed by atoms with E-state index in [2.05, 4.69) is 11.0 Å². The molecule has 5 heteroatoms. The van der Waals surface area contributed by atoms with E-state index in [1.165, 1.54) is 25.1 Å². The SMILES string of the molecule is Clc1cccc(Cl)c1CCOc1ccc2c(c1)OCC(N1CCC1)C2. The van der Waals surface area contributed by atoms with Gasteiger partial charge in [0.1, 0.15) is 18.1 Å². The third-order valence-electron chi connectivity index (χ3n) is 5.01. The average molecular weight is 378 g/mol. The van der Waals surface area contributed by atoms with Crippen LogP contribution in [-0.2, 0) is 12.8 Å². The van der Waals surface area contributed by atoms with Crippen molar-refractivity contribution in [1.82, 2.24) is 4.90 Å². The molecule has 0 amide bonds. The molecule has 1 fully saturated rings. The lowest BCUT2D eigenvalue weighted by Gasteiger charge is -2.40. The molecular formula is C20H21Cl2NO2. The minimum atomic E-state index is 0.524. The molecule has 1 atom stereocenters. The van der Waals surface area contributed by atoms with Gasteiger partial charge in [-0.05, 0) is 55.3 Å². The summed E-state index contributed by atoms with van der Waals surface area (Å²) in [7, 11) is 0. The molecule has 0 aromatic heterocycles. The highest BCUT2D eigenvalue weighted by molar-refractivity contribution is 6.35. The van der Waals surface area contributed by atoms with Crippen LogP contribution in [0.5, 0.6) is 11.5 Å². The van der Waals surface area contributed by atoms with Gasteiger partial charge < -0.3 is 9.47 Å². The smallest absolute Gasteiger partial charge is 0.126 e. The maximum absolute atomic E-state index is 6.20. The van der Waals surface area contributed by atoms with Crippen molar-refractivity contribution in [3.05, 3.63) is 57.6 Å². The van der Waals surface area contributed by atoms with E-state index in [0.717, 1.165) is 30.1 Å². The maximum Gasteiger partial charge on any atom is 0.126 e. The molecule has 2 aliphatic heterocycles. The van der Waals surface area contributed by atoms with E-state index in [0.29, 0.717) is 29.1 Å². The largest absolute Gasteiger partial charge is 0.493 e. The van der Waals surface area contributed by atoms with Gasteiger partial charge in [0.2, 0.25) is 0 Å². The van der Waals surface area contributed by atoms with Crippen molar-refractivity contribution in [2.75, 3.05) is 26.3 Å². The molecule has 0 saturated carbocycles. The Kier molecular flexibility index (Phi) is 5.07. The maximum atomic E-state index is 6.20. The van der Waals surface area contributed by atoms with Crippen LogP contribution in [0.3, 0.4) is 0 Å². The fourth-order valence-corrected chi connectivity index (χ4v) is 4.00. The Morgan fingerprint density at radius 3 is 2.64 bits per heavy atom. The van der Waals surface area contributed by atoms with Crippen LogP contribution in [0.1, 0.15) is 17.5 Å². The number of fused-ring (bicyclic) bond motifs is 1. The number of ether oxygens (including phenoxy) is 2. The molecule has 2 aromatic rings. The topological polar surface area (TPSA) is 21.7 Å². The van der Waals surface area contributed by atoms with Gasteiger partial charge in [-0.3, -0.25) is 4.90 Å². The molecule has 2 aliphatic rings. The van der Waals surface area contributed by atoms with Gasteiger partial charge in [0.15, 0.2) is 0 Å². The Hall–Kier alpha value is -1.42. The molecule has 2 aromatic carbocycles. The van der Waals surface area contributed by atoms with E-state index >= 15 is 0 Å². The van der Waals surface area contributed by atoms with Gasteiger partial charge in [-0.2, -0.15) is 0 Å². The quantitative estimate of drug-likeness (QED) is 0.758. The second kappa shape index (κ2) is 7.45. The standard InChI is InChI=1S/C20H21Cl2NO2/c21-18-3-1-4-19(22)17(18)7-10-24-16-6-5-14-11-15(23-8-2-9-23)13-25-20(14)12-16/h1,3-6,12,15H,2,7-11,13H2. The number of hydrogen-bond acceptors (Lipinski definition) is 3. The Morgan fingerprint density at radius 1 is 1.12 bits per heavy atom. The fraction of sp³-hybridized carbons (Fsp3) is 0.400. The number of rotatable bonds is 5. The third-order valence-corrected chi connectivity index (χ3v) is 5.72. The molecule has 0 N–H and O–H groups in total. The first kappa shape index (κ1) is 17.0. The first-order valence-electron chi connectivity index (χ1n) is 8.76. The van der Waals surface area contributed by atoms with E-state index in [1.807, 2.05) is 30.3 Å². The molecule has 0 bridgehead atoms. The lowest BCUT2D eigenvalue weighted by molar-refractivity contribution is 0.0691. The van der Waals surface area contributed by atoms with Gasteiger partial charge in [-0.25, -0.2) is 0 Å². The summed E-state index contributed by atoms with van der Waals surface area (Å²) in [5.74, 6) is 1.77. The van der Waals surface area contributed by atoms with Crippen LogP contribution in [0.4, 0.5) is 0 Å². The molecular weight excluding hydrogens is 357 g/mol. The number of benzene rings is 2. The van der Waals surface area contributed by atoms with Crippen LogP contribution in [0.15, 0.2) is 36.4 Å². The van der Waals surface area contributed by atoms with E-state index in [4.69, 9.17) is 32.7 Å². The summed E-state index contributed by atoms with van der Waals surface area (Å²) >= 11 is 12.4. The summed E-state index contributed by atoms with van der Waals surface area (Å²) in [5, 5.41) is 1.36. The first-order valence-corrected chi connectivity index (χ1v) is 9.52.